The predicted octanol–water partition coefficient (Wildman–Crippen LogP) is 6.75. The first kappa shape index (κ1) is 23.1. The van der Waals surface area contributed by atoms with E-state index in [9.17, 15) is 0 Å². The van der Waals surface area contributed by atoms with Gasteiger partial charge < -0.3 is 5.32 Å². The van der Waals surface area contributed by atoms with Crippen molar-refractivity contribution in [3.05, 3.63) is 5.82 Å². The number of hydrogen-bond acceptors (Lipinski definition) is 5. The van der Waals surface area contributed by atoms with Gasteiger partial charge in [0.1, 0.15) is 0 Å². The summed E-state index contributed by atoms with van der Waals surface area (Å²) in [4.78, 5) is 12.6. The molecule has 0 saturated heterocycles. The molecule has 0 saturated carbocycles. The third-order valence-corrected chi connectivity index (χ3v) is 4.92. The molecule has 1 heterocycles. The van der Waals surface area contributed by atoms with Gasteiger partial charge >= 0.3 is 0 Å². The van der Waals surface area contributed by atoms with Crippen molar-refractivity contribution in [1.82, 2.24) is 15.0 Å². The van der Waals surface area contributed by atoms with Gasteiger partial charge in [0.25, 0.3) is 0 Å². The van der Waals surface area contributed by atoms with E-state index in [2.05, 4.69) is 27.2 Å². The largest absolute Gasteiger partial charge is 0.354 e. The van der Waals surface area contributed by atoms with Gasteiger partial charge in [-0.15, -0.1) is 0 Å². The van der Waals surface area contributed by atoms with Crippen molar-refractivity contribution < 1.29 is 0 Å². The number of thioether (sulfide) groups is 1. The molecule has 8 heteroatoms. The van der Waals surface area contributed by atoms with Gasteiger partial charge in [-0.2, -0.15) is 9.97 Å². The minimum Gasteiger partial charge on any atom is -0.354 e. The quantitative estimate of drug-likeness (QED) is 0.214. The third-order valence-electron chi connectivity index (χ3n) is 3.86. The van der Waals surface area contributed by atoms with Gasteiger partial charge in [-0.1, -0.05) is 111 Å². The molecule has 0 spiro atoms. The summed E-state index contributed by atoms with van der Waals surface area (Å²) in [5.74, 6) is 0.624. The topological polar surface area (TPSA) is 50.7 Å². The lowest BCUT2D eigenvalue weighted by molar-refractivity contribution is 0.559. The Hall–Kier alpha value is 0.0300. The highest BCUT2D eigenvalue weighted by Crippen LogP contribution is 2.36. The Morgan fingerprint density at radius 2 is 1.40 bits per heavy atom. The van der Waals surface area contributed by atoms with Crippen LogP contribution < -0.4 is 5.32 Å². The first-order valence-electron chi connectivity index (χ1n) is 9.08. The monoisotopic (exact) mass is 426 g/mol. The Labute approximate surface area is 171 Å². The summed E-state index contributed by atoms with van der Waals surface area (Å²) in [6.45, 7) is 3.07. The fourth-order valence-corrected chi connectivity index (χ4v) is 3.08. The van der Waals surface area contributed by atoms with Gasteiger partial charge in [-0.3, -0.25) is 0 Å². The number of unbranched alkanes of at least 4 members (excludes halogenated alkanes) is 9. The van der Waals surface area contributed by atoms with Gasteiger partial charge in [-0.05, 0) is 12.7 Å². The first-order valence-corrected chi connectivity index (χ1v) is 11.4. The van der Waals surface area contributed by atoms with E-state index < -0.39 is 3.79 Å². The molecule has 1 rings (SSSR count). The standard InChI is InChI=1S/C17H29Cl3N4S/c1-3-4-5-6-7-8-9-10-11-12-13-21-15-22-14(17(18,19)20)23-16(24-15)25-2/h3-13H2,1-2H3,(H,21,22,23,24). The molecule has 4 nitrogen and oxygen atoms in total. The van der Waals surface area contributed by atoms with Crippen LogP contribution in [-0.2, 0) is 3.79 Å². The molecule has 1 aromatic rings. The number of rotatable bonds is 13. The molecule has 0 aliphatic heterocycles. The van der Waals surface area contributed by atoms with E-state index >= 15 is 0 Å². The Bertz CT molecular complexity index is 483. The molecule has 0 aromatic carbocycles. The number of alkyl halides is 3. The molecule has 0 bridgehead atoms. The molecule has 0 fully saturated rings. The minimum absolute atomic E-state index is 0.155. The van der Waals surface area contributed by atoms with E-state index in [-0.39, 0.29) is 5.82 Å². The molecule has 144 valence electrons. The average Bonchev–Trinajstić information content (AvgIpc) is 2.58. The van der Waals surface area contributed by atoms with E-state index in [1.54, 1.807) is 0 Å². The highest BCUT2D eigenvalue weighted by Gasteiger charge is 2.28. The molecule has 25 heavy (non-hydrogen) atoms. The lowest BCUT2D eigenvalue weighted by Gasteiger charge is -2.12. The molecular formula is C17H29Cl3N4S. The second kappa shape index (κ2) is 13.2. The van der Waals surface area contributed by atoms with E-state index in [1.807, 2.05) is 6.26 Å². The number of nitrogens with one attached hydrogen (secondary N) is 1. The van der Waals surface area contributed by atoms with Gasteiger partial charge in [0.15, 0.2) is 11.0 Å². The third kappa shape index (κ3) is 10.7. The van der Waals surface area contributed by atoms with Crippen LogP contribution in [-0.4, -0.2) is 27.8 Å². The molecule has 1 N–H and O–H groups in total. The van der Waals surface area contributed by atoms with Crippen LogP contribution >= 0.6 is 46.6 Å². The average molecular weight is 428 g/mol. The second-order valence-corrected chi connectivity index (χ2v) is 9.13. The predicted molar refractivity (Wildman–Crippen MR) is 111 cm³/mol. The van der Waals surface area contributed by atoms with E-state index in [0.29, 0.717) is 11.1 Å². The molecule has 0 unspecified atom stereocenters. The number of nitrogens with zero attached hydrogens (tertiary/aromatic N) is 3. The molecule has 0 aliphatic rings. The summed E-state index contributed by atoms with van der Waals surface area (Å²) in [5.41, 5.74) is 0. The number of anilines is 1. The SMILES string of the molecule is CCCCCCCCCCCCNc1nc(SC)nc(C(Cl)(Cl)Cl)n1. The van der Waals surface area contributed by atoms with Crippen molar-refractivity contribution in [2.75, 3.05) is 18.1 Å². The van der Waals surface area contributed by atoms with Crippen molar-refractivity contribution in [2.45, 2.75) is 80.1 Å². The maximum absolute atomic E-state index is 5.87. The highest BCUT2D eigenvalue weighted by atomic mass is 35.6. The number of hydrogen-bond donors (Lipinski definition) is 1. The minimum atomic E-state index is -1.64. The van der Waals surface area contributed by atoms with Crippen LogP contribution in [0.2, 0.25) is 0 Å². The normalized spacial score (nSPS) is 11.7. The Kier molecular flexibility index (Phi) is 12.2. The van der Waals surface area contributed by atoms with Crippen molar-refractivity contribution in [3.8, 4) is 0 Å². The van der Waals surface area contributed by atoms with Gasteiger partial charge in [0, 0.05) is 6.54 Å². The van der Waals surface area contributed by atoms with Gasteiger partial charge in [0.05, 0.1) is 0 Å². The Balaban J connectivity index is 2.19. The second-order valence-electron chi connectivity index (χ2n) is 6.08. The van der Waals surface area contributed by atoms with Crippen LogP contribution in [0.1, 0.15) is 77.0 Å². The van der Waals surface area contributed by atoms with E-state index in [1.165, 1.54) is 69.5 Å². The fourth-order valence-electron chi connectivity index (χ4n) is 2.47. The van der Waals surface area contributed by atoms with Crippen LogP contribution in [0, 0.1) is 0 Å². The maximum Gasteiger partial charge on any atom is 0.250 e. The summed E-state index contributed by atoms with van der Waals surface area (Å²) in [5, 5.41) is 3.75. The summed E-state index contributed by atoms with van der Waals surface area (Å²) < 4.78 is -1.64. The zero-order valence-corrected chi connectivity index (χ0v) is 18.2. The zero-order chi connectivity index (χ0) is 18.5. The number of halogens is 3. The van der Waals surface area contributed by atoms with Crippen LogP contribution in [0.25, 0.3) is 0 Å². The van der Waals surface area contributed by atoms with Crippen molar-refractivity contribution in [3.63, 3.8) is 0 Å². The Morgan fingerprint density at radius 1 is 0.840 bits per heavy atom. The van der Waals surface area contributed by atoms with Crippen LogP contribution in [0.4, 0.5) is 5.95 Å². The Morgan fingerprint density at radius 3 is 1.92 bits per heavy atom. The fraction of sp³-hybridized carbons (Fsp3) is 0.824. The number of aromatic nitrogens is 3. The lowest BCUT2D eigenvalue weighted by atomic mass is 10.1. The van der Waals surface area contributed by atoms with Crippen molar-refractivity contribution in [2.24, 2.45) is 0 Å². The summed E-state index contributed by atoms with van der Waals surface area (Å²) in [7, 11) is 0. The van der Waals surface area contributed by atoms with Gasteiger partial charge in [-0.25, -0.2) is 4.98 Å². The van der Waals surface area contributed by atoms with Crippen LogP contribution in [0.15, 0.2) is 5.16 Å². The highest BCUT2D eigenvalue weighted by molar-refractivity contribution is 7.98. The lowest BCUT2D eigenvalue weighted by Crippen LogP contribution is -2.13. The molecule has 0 radical (unpaired) electrons. The van der Waals surface area contributed by atoms with E-state index in [4.69, 9.17) is 34.8 Å². The molecule has 1 aromatic heterocycles. The first-order chi connectivity index (χ1) is 12.0. The van der Waals surface area contributed by atoms with E-state index in [0.717, 1.165) is 13.0 Å². The van der Waals surface area contributed by atoms with Crippen molar-refractivity contribution in [1.29, 1.82) is 0 Å². The van der Waals surface area contributed by atoms with Crippen LogP contribution in [0.3, 0.4) is 0 Å². The van der Waals surface area contributed by atoms with Crippen molar-refractivity contribution >= 4 is 52.5 Å². The van der Waals surface area contributed by atoms with Crippen LogP contribution in [0.5, 0.6) is 0 Å². The molecular weight excluding hydrogens is 399 g/mol. The maximum atomic E-state index is 5.87. The zero-order valence-electron chi connectivity index (χ0n) is 15.2. The summed E-state index contributed by atoms with van der Waals surface area (Å²) >= 11 is 19.0. The smallest absolute Gasteiger partial charge is 0.250 e. The summed E-state index contributed by atoms with van der Waals surface area (Å²) in [6, 6.07) is 0. The van der Waals surface area contributed by atoms with Gasteiger partial charge in [0.2, 0.25) is 9.74 Å². The molecule has 0 amide bonds. The molecule has 0 aliphatic carbocycles. The molecule has 0 atom stereocenters. The summed E-state index contributed by atoms with van der Waals surface area (Å²) in [6.07, 6.45) is 15.0.